The molecule has 2 aromatic carbocycles. The van der Waals surface area contributed by atoms with Gasteiger partial charge in [-0.2, -0.15) is 0 Å². The molecule has 23 heavy (non-hydrogen) atoms. The molecule has 5 nitrogen and oxygen atoms in total. The first-order valence-corrected chi connectivity index (χ1v) is 7.49. The first-order chi connectivity index (χ1) is 11.2. The lowest BCUT2D eigenvalue weighted by Gasteiger charge is -2.21. The third-order valence-corrected chi connectivity index (χ3v) is 3.71. The van der Waals surface area contributed by atoms with E-state index in [4.69, 9.17) is 9.47 Å². The average molecular weight is 311 g/mol. The Morgan fingerprint density at radius 2 is 1.87 bits per heavy atom. The summed E-state index contributed by atoms with van der Waals surface area (Å²) in [5, 5.41) is 0. The number of amides is 1. The fourth-order valence-electron chi connectivity index (χ4n) is 2.60. The lowest BCUT2D eigenvalue weighted by molar-refractivity contribution is 0.0526. The Hall–Kier alpha value is -2.82. The Labute approximate surface area is 134 Å². The Balaban J connectivity index is 1.86. The zero-order chi connectivity index (χ0) is 16.2. The van der Waals surface area contributed by atoms with Crippen molar-refractivity contribution in [1.29, 1.82) is 0 Å². The van der Waals surface area contributed by atoms with Crippen molar-refractivity contribution in [3.63, 3.8) is 0 Å². The first-order valence-electron chi connectivity index (χ1n) is 7.49. The lowest BCUT2D eigenvalue weighted by atomic mass is 10.1. The number of benzene rings is 2. The number of anilines is 1. The van der Waals surface area contributed by atoms with E-state index >= 15 is 0 Å². The number of carbonyl (C=O) groups excluding carboxylic acids is 2. The molecule has 0 aromatic heterocycles. The average Bonchev–Trinajstić information content (AvgIpc) is 2.97. The molecule has 0 bridgehead atoms. The van der Waals surface area contributed by atoms with Gasteiger partial charge >= 0.3 is 12.1 Å². The number of ether oxygens (including phenoxy) is 2. The molecule has 1 saturated heterocycles. The molecule has 1 heterocycles. The second kappa shape index (κ2) is 6.52. The normalized spacial score (nSPS) is 17.0. The van der Waals surface area contributed by atoms with Crippen LogP contribution >= 0.6 is 0 Å². The van der Waals surface area contributed by atoms with Gasteiger partial charge in [0, 0.05) is 5.69 Å². The van der Waals surface area contributed by atoms with Crippen molar-refractivity contribution in [3.05, 3.63) is 65.7 Å². The topological polar surface area (TPSA) is 55.8 Å². The predicted octanol–water partition coefficient (Wildman–Crippen LogP) is 3.56. The van der Waals surface area contributed by atoms with E-state index in [0.29, 0.717) is 24.5 Å². The third kappa shape index (κ3) is 3.04. The highest BCUT2D eigenvalue weighted by molar-refractivity contribution is 5.93. The van der Waals surface area contributed by atoms with Gasteiger partial charge in [0.05, 0.1) is 18.2 Å². The summed E-state index contributed by atoms with van der Waals surface area (Å²) in [6.07, 6.45) is -0.386. The minimum atomic E-state index is -0.386. The molecule has 0 saturated carbocycles. The highest BCUT2D eigenvalue weighted by Crippen LogP contribution is 2.33. The summed E-state index contributed by atoms with van der Waals surface area (Å²) in [6, 6.07) is 16.3. The number of nitrogens with zero attached hydrogens (tertiary/aromatic N) is 1. The van der Waals surface area contributed by atoms with Crippen LogP contribution in [0.5, 0.6) is 0 Å². The van der Waals surface area contributed by atoms with Crippen LogP contribution in [-0.2, 0) is 9.47 Å². The molecule has 0 radical (unpaired) electrons. The molecule has 5 heteroatoms. The third-order valence-electron chi connectivity index (χ3n) is 3.71. The van der Waals surface area contributed by atoms with Crippen molar-refractivity contribution in [1.82, 2.24) is 0 Å². The van der Waals surface area contributed by atoms with Gasteiger partial charge < -0.3 is 9.47 Å². The highest BCUT2D eigenvalue weighted by atomic mass is 16.6. The van der Waals surface area contributed by atoms with E-state index < -0.39 is 0 Å². The van der Waals surface area contributed by atoms with Crippen LogP contribution < -0.4 is 4.90 Å². The lowest BCUT2D eigenvalue weighted by Crippen LogP contribution is -2.27. The minimum absolute atomic E-state index is 0.169. The zero-order valence-corrected chi connectivity index (χ0v) is 12.8. The van der Waals surface area contributed by atoms with E-state index in [2.05, 4.69) is 0 Å². The van der Waals surface area contributed by atoms with Gasteiger partial charge in [-0.05, 0) is 36.8 Å². The van der Waals surface area contributed by atoms with E-state index in [-0.39, 0.29) is 18.1 Å². The van der Waals surface area contributed by atoms with Crippen molar-refractivity contribution in [2.75, 3.05) is 18.1 Å². The van der Waals surface area contributed by atoms with Gasteiger partial charge in [-0.15, -0.1) is 0 Å². The fraction of sp³-hybridized carbons (Fsp3) is 0.222. The maximum absolute atomic E-state index is 12.1. The highest BCUT2D eigenvalue weighted by Gasteiger charge is 2.35. The predicted molar refractivity (Wildman–Crippen MR) is 85.4 cm³/mol. The van der Waals surface area contributed by atoms with E-state index in [0.717, 1.165) is 5.56 Å². The molecule has 1 fully saturated rings. The van der Waals surface area contributed by atoms with Crippen LogP contribution in [0.2, 0.25) is 0 Å². The number of cyclic esters (lactones) is 1. The van der Waals surface area contributed by atoms with E-state index in [1.54, 1.807) is 36.1 Å². The summed E-state index contributed by atoms with van der Waals surface area (Å²) < 4.78 is 10.2. The summed E-state index contributed by atoms with van der Waals surface area (Å²) in [5.41, 5.74) is 2.15. The molecule has 0 aliphatic carbocycles. The molecule has 1 unspecified atom stereocenters. The summed E-state index contributed by atoms with van der Waals surface area (Å²) in [5.74, 6) is -0.373. The number of hydrogen-bond donors (Lipinski definition) is 0. The van der Waals surface area contributed by atoms with Crippen molar-refractivity contribution in [2.45, 2.75) is 13.0 Å². The van der Waals surface area contributed by atoms with Gasteiger partial charge in [0.2, 0.25) is 0 Å². The molecule has 118 valence electrons. The van der Waals surface area contributed by atoms with Crippen molar-refractivity contribution in [3.8, 4) is 0 Å². The Morgan fingerprint density at radius 3 is 2.52 bits per heavy atom. The largest absolute Gasteiger partial charge is 0.462 e. The number of esters is 1. The monoisotopic (exact) mass is 311 g/mol. The standard InChI is InChI=1S/C18H17NO4/c1-2-22-17(20)14-8-10-15(11-9-14)19-16(12-23-18(19)21)13-6-4-3-5-7-13/h3-11,16H,2,12H2,1H3. The second-order valence-corrected chi connectivity index (χ2v) is 5.14. The Morgan fingerprint density at radius 1 is 1.17 bits per heavy atom. The van der Waals surface area contributed by atoms with E-state index in [1.165, 1.54) is 0 Å². The number of carbonyl (C=O) groups is 2. The van der Waals surface area contributed by atoms with Crippen molar-refractivity contribution < 1.29 is 19.1 Å². The van der Waals surface area contributed by atoms with Gasteiger partial charge in [-0.3, -0.25) is 4.90 Å². The molecular weight excluding hydrogens is 294 g/mol. The fourth-order valence-corrected chi connectivity index (χ4v) is 2.60. The van der Waals surface area contributed by atoms with Crippen LogP contribution in [0.25, 0.3) is 0 Å². The van der Waals surface area contributed by atoms with E-state index in [1.807, 2.05) is 30.3 Å². The van der Waals surface area contributed by atoms with Crippen LogP contribution in [0, 0.1) is 0 Å². The van der Waals surface area contributed by atoms with Crippen LogP contribution in [0.1, 0.15) is 28.9 Å². The van der Waals surface area contributed by atoms with Gasteiger partial charge in [-0.1, -0.05) is 30.3 Å². The number of hydrogen-bond acceptors (Lipinski definition) is 4. The van der Waals surface area contributed by atoms with Crippen molar-refractivity contribution in [2.24, 2.45) is 0 Å². The van der Waals surface area contributed by atoms with E-state index in [9.17, 15) is 9.59 Å². The molecular formula is C18H17NO4. The Bertz CT molecular complexity index is 697. The minimum Gasteiger partial charge on any atom is -0.462 e. The summed E-state index contributed by atoms with van der Waals surface area (Å²) in [7, 11) is 0. The molecule has 1 amide bonds. The molecule has 2 aromatic rings. The maximum atomic E-state index is 12.1. The number of rotatable bonds is 4. The van der Waals surface area contributed by atoms with Crippen LogP contribution in [0.15, 0.2) is 54.6 Å². The maximum Gasteiger partial charge on any atom is 0.415 e. The summed E-state index contributed by atoms with van der Waals surface area (Å²) in [4.78, 5) is 25.4. The van der Waals surface area contributed by atoms with Crippen molar-refractivity contribution >= 4 is 17.7 Å². The molecule has 1 aliphatic heterocycles. The zero-order valence-electron chi connectivity index (χ0n) is 12.8. The Kier molecular flexibility index (Phi) is 4.28. The van der Waals surface area contributed by atoms with Gasteiger partial charge in [0.15, 0.2) is 0 Å². The summed E-state index contributed by atoms with van der Waals surface area (Å²) in [6.45, 7) is 2.40. The van der Waals surface area contributed by atoms with Crippen LogP contribution in [0.3, 0.4) is 0 Å². The second-order valence-electron chi connectivity index (χ2n) is 5.14. The quantitative estimate of drug-likeness (QED) is 0.810. The van der Waals surface area contributed by atoms with Gasteiger partial charge in [-0.25, -0.2) is 9.59 Å². The molecule has 1 atom stereocenters. The van der Waals surface area contributed by atoms with Crippen LogP contribution in [0.4, 0.5) is 10.5 Å². The molecule has 0 N–H and O–H groups in total. The molecule has 1 aliphatic rings. The molecule has 0 spiro atoms. The first kappa shape index (κ1) is 15.1. The molecule has 3 rings (SSSR count). The SMILES string of the molecule is CCOC(=O)c1ccc(N2C(=O)OCC2c2ccccc2)cc1. The van der Waals surface area contributed by atoms with Gasteiger partial charge in [0.1, 0.15) is 6.61 Å². The smallest absolute Gasteiger partial charge is 0.415 e. The van der Waals surface area contributed by atoms with Crippen LogP contribution in [-0.4, -0.2) is 25.3 Å². The van der Waals surface area contributed by atoms with Gasteiger partial charge in [0.25, 0.3) is 0 Å². The summed E-state index contributed by atoms with van der Waals surface area (Å²) >= 11 is 0.